The third-order valence-electron chi connectivity index (χ3n) is 1.88. The fraction of sp³-hybridized carbons (Fsp3) is 0.364. The van der Waals surface area contributed by atoms with Gasteiger partial charge in [-0.25, -0.2) is 4.79 Å². The molecule has 0 bridgehead atoms. The van der Waals surface area contributed by atoms with Crippen molar-refractivity contribution in [1.29, 1.82) is 0 Å². The Kier molecular flexibility index (Phi) is 3.97. The Hall–Kier alpha value is -1.71. The molecule has 1 N–H and O–H groups in total. The van der Waals surface area contributed by atoms with Crippen molar-refractivity contribution in [3.05, 3.63) is 23.8 Å². The average molecular weight is 210 g/mol. The highest BCUT2D eigenvalue weighted by molar-refractivity contribution is 5.91. The molecular formula is C11H14O4. The van der Waals surface area contributed by atoms with Crippen LogP contribution in [0.3, 0.4) is 0 Å². The minimum Gasteiger partial charge on any atom is -0.496 e. The lowest BCUT2D eigenvalue weighted by Crippen LogP contribution is -2.01. The molecule has 0 aliphatic carbocycles. The molecule has 82 valence electrons. The molecule has 1 aromatic rings. The van der Waals surface area contributed by atoms with E-state index in [1.54, 1.807) is 12.1 Å². The predicted octanol–water partition coefficient (Wildman–Crippen LogP) is 2.18. The minimum atomic E-state index is -1.01. The number of benzene rings is 1. The fourth-order valence-corrected chi connectivity index (χ4v) is 1.16. The average Bonchev–Trinajstić information content (AvgIpc) is 2.25. The summed E-state index contributed by atoms with van der Waals surface area (Å²) in [5, 5.41) is 8.84. The van der Waals surface area contributed by atoms with E-state index in [1.807, 2.05) is 6.92 Å². The van der Waals surface area contributed by atoms with E-state index in [9.17, 15) is 4.79 Å². The monoisotopic (exact) mass is 210 g/mol. The van der Waals surface area contributed by atoms with Crippen molar-refractivity contribution in [2.24, 2.45) is 0 Å². The maximum atomic E-state index is 10.8. The molecule has 1 aromatic carbocycles. The van der Waals surface area contributed by atoms with Crippen molar-refractivity contribution in [2.75, 3.05) is 13.7 Å². The zero-order valence-corrected chi connectivity index (χ0v) is 8.82. The van der Waals surface area contributed by atoms with Crippen molar-refractivity contribution in [2.45, 2.75) is 13.3 Å². The second kappa shape index (κ2) is 5.24. The topological polar surface area (TPSA) is 55.8 Å². The number of hydrogen-bond donors (Lipinski definition) is 1. The first-order chi connectivity index (χ1) is 7.19. The van der Waals surface area contributed by atoms with Gasteiger partial charge in [0.05, 0.1) is 13.7 Å². The molecule has 0 heterocycles. The number of hydrogen-bond acceptors (Lipinski definition) is 3. The summed E-state index contributed by atoms with van der Waals surface area (Å²) < 4.78 is 10.3. The molecule has 4 heteroatoms. The van der Waals surface area contributed by atoms with Gasteiger partial charge in [-0.15, -0.1) is 0 Å². The van der Waals surface area contributed by atoms with Crippen LogP contribution in [0.5, 0.6) is 11.5 Å². The van der Waals surface area contributed by atoms with Crippen LogP contribution in [0.4, 0.5) is 0 Å². The molecule has 0 aromatic heterocycles. The maximum absolute atomic E-state index is 10.8. The van der Waals surface area contributed by atoms with Gasteiger partial charge in [0.1, 0.15) is 17.1 Å². The first-order valence-electron chi connectivity index (χ1n) is 4.73. The van der Waals surface area contributed by atoms with Crippen molar-refractivity contribution >= 4 is 5.97 Å². The van der Waals surface area contributed by atoms with E-state index < -0.39 is 5.97 Å². The molecule has 0 unspecified atom stereocenters. The largest absolute Gasteiger partial charge is 0.496 e. The number of carboxylic acids is 1. The molecule has 4 nitrogen and oxygen atoms in total. The number of methoxy groups -OCH3 is 1. The second-order valence-corrected chi connectivity index (χ2v) is 3.02. The summed E-state index contributed by atoms with van der Waals surface area (Å²) in [5.74, 6) is -0.0660. The quantitative estimate of drug-likeness (QED) is 0.809. The van der Waals surface area contributed by atoms with Gasteiger partial charge in [0.25, 0.3) is 0 Å². The third kappa shape index (κ3) is 2.87. The Morgan fingerprint density at radius 1 is 1.47 bits per heavy atom. The first-order valence-corrected chi connectivity index (χ1v) is 4.73. The smallest absolute Gasteiger partial charge is 0.339 e. The Labute approximate surface area is 88.4 Å². The van der Waals surface area contributed by atoms with Gasteiger partial charge >= 0.3 is 5.97 Å². The molecule has 0 aliphatic heterocycles. The molecule has 0 amide bonds. The summed E-state index contributed by atoms with van der Waals surface area (Å²) >= 11 is 0. The van der Waals surface area contributed by atoms with Crippen molar-refractivity contribution < 1.29 is 19.4 Å². The standard InChI is InChI=1S/C11H14O4/c1-3-6-15-8-4-5-9(11(12)13)10(7-8)14-2/h4-5,7H,3,6H2,1-2H3,(H,12,13). The van der Waals surface area contributed by atoms with Gasteiger partial charge in [-0.2, -0.15) is 0 Å². The van der Waals surface area contributed by atoms with Gasteiger partial charge in [0, 0.05) is 6.07 Å². The molecule has 1 rings (SSSR count). The van der Waals surface area contributed by atoms with Crippen LogP contribution < -0.4 is 9.47 Å². The molecule has 0 radical (unpaired) electrons. The summed E-state index contributed by atoms with van der Waals surface area (Å²) in [6.45, 7) is 2.61. The Morgan fingerprint density at radius 3 is 2.73 bits per heavy atom. The fourth-order valence-electron chi connectivity index (χ4n) is 1.16. The third-order valence-corrected chi connectivity index (χ3v) is 1.88. The lowest BCUT2D eigenvalue weighted by molar-refractivity contribution is 0.0693. The zero-order valence-electron chi connectivity index (χ0n) is 8.82. The van der Waals surface area contributed by atoms with Crippen LogP contribution in [0.1, 0.15) is 23.7 Å². The highest BCUT2D eigenvalue weighted by atomic mass is 16.5. The van der Waals surface area contributed by atoms with Gasteiger partial charge in [0.15, 0.2) is 0 Å². The van der Waals surface area contributed by atoms with Crippen LogP contribution in [0.15, 0.2) is 18.2 Å². The first kappa shape index (κ1) is 11.4. The Bertz CT molecular complexity index is 346. The molecule has 0 fully saturated rings. The van der Waals surface area contributed by atoms with Gasteiger partial charge in [0.2, 0.25) is 0 Å². The molecular weight excluding hydrogens is 196 g/mol. The Morgan fingerprint density at radius 2 is 2.20 bits per heavy atom. The van der Waals surface area contributed by atoms with Crippen LogP contribution >= 0.6 is 0 Å². The van der Waals surface area contributed by atoms with Crippen LogP contribution in [-0.4, -0.2) is 24.8 Å². The summed E-state index contributed by atoms with van der Waals surface area (Å²) in [4.78, 5) is 10.8. The van der Waals surface area contributed by atoms with Crippen LogP contribution in [0.25, 0.3) is 0 Å². The highest BCUT2D eigenvalue weighted by Gasteiger charge is 2.11. The normalized spacial score (nSPS) is 9.73. The lowest BCUT2D eigenvalue weighted by atomic mass is 10.2. The zero-order chi connectivity index (χ0) is 11.3. The van der Waals surface area contributed by atoms with Crippen molar-refractivity contribution in [3.8, 4) is 11.5 Å². The predicted molar refractivity (Wildman–Crippen MR) is 55.7 cm³/mol. The molecule has 0 saturated carbocycles. The highest BCUT2D eigenvalue weighted by Crippen LogP contribution is 2.24. The van der Waals surface area contributed by atoms with Crippen molar-refractivity contribution in [1.82, 2.24) is 0 Å². The molecule has 0 saturated heterocycles. The summed E-state index contributed by atoms with van der Waals surface area (Å²) in [6.07, 6.45) is 0.906. The van der Waals surface area contributed by atoms with E-state index in [-0.39, 0.29) is 5.56 Å². The summed E-state index contributed by atoms with van der Waals surface area (Å²) in [6, 6.07) is 4.69. The number of ether oxygens (including phenoxy) is 2. The van der Waals surface area contributed by atoms with Gasteiger partial charge in [-0.3, -0.25) is 0 Å². The van der Waals surface area contributed by atoms with Crippen LogP contribution in [-0.2, 0) is 0 Å². The molecule has 0 aliphatic rings. The number of carbonyl (C=O) groups is 1. The van der Waals surface area contributed by atoms with E-state index >= 15 is 0 Å². The van der Waals surface area contributed by atoms with E-state index in [0.29, 0.717) is 18.1 Å². The van der Waals surface area contributed by atoms with Gasteiger partial charge < -0.3 is 14.6 Å². The lowest BCUT2D eigenvalue weighted by Gasteiger charge is -2.08. The van der Waals surface area contributed by atoms with Crippen molar-refractivity contribution in [3.63, 3.8) is 0 Å². The number of rotatable bonds is 5. The summed E-state index contributed by atoms with van der Waals surface area (Å²) in [5.41, 5.74) is 0.140. The molecule has 0 atom stereocenters. The maximum Gasteiger partial charge on any atom is 0.339 e. The number of aromatic carboxylic acids is 1. The molecule has 0 spiro atoms. The van der Waals surface area contributed by atoms with Crippen LogP contribution in [0, 0.1) is 0 Å². The van der Waals surface area contributed by atoms with Crippen LogP contribution in [0.2, 0.25) is 0 Å². The summed E-state index contributed by atoms with van der Waals surface area (Å²) in [7, 11) is 1.44. The number of carboxylic acid groups (broad SMARTS) is 1. The van der Waals surface area contributed by atoms with Gasteiger partial charge in [-0.1, -0.05) is 6.92 Å². The van der Waals surface area contributed by atoms with Gasteiger partial charge in [-0.05, 0) is 18.6 Å². The van der Waals surface area contributed by atoms with E-state index in [4.69, 9.17) is 14.6 Å². The second-order valence-electron chi connectivity index (χ2n) is 3.02. The Balaban J connectivity index is 2.92. The molecule has 15 heavy (non-hydrogen) atoms. The van der Waals surface area contributed by atoms with E-state index in [0.717, 1.165) is 6.42 Å². The SMILES string of the molecule is CCCOc1ccc(C(=O)O)c(OC)c1. The minimum absolute atomic E-state index is 0.140. The van der Waals surface area contributed by atoms with E-state index in [2.05, 4.69) is 0 Å². The van der Waals surface area contributed by atoms with E-state index in [1.165, 1.54) is 13.2 Å².